The maximum absolute atomic E-state index is 12.3. The van der Waals surface area contributed by atoms with E-state index in [1.54, 1.807) is 7.11 Å². The summed E-state index contributed by atoms with van der Waals surface area (Å²) in [7, 11) is 1.71. The number of nitrogens with one attached hydrogen (secondary N) is 2. The highest BCUT2D eigenvalue weighted by Gasteiger charge is 2.42. The summed E-state index contributed by atoms with van der Waals surface area (Å²) in [5.74, 6) is 5.37. The number of hydrogen-bond acceptors (Lipinski definition) is 4. The third-order valence-electron chi connectivity index (χ3n) is 3.99. The van der Waals surface area contributed by atoms with Crippen LogP contribution in [-0.4, -0.2) is 26.2 Å². The highest BCUT2D eigenvalue weighted by atomic mass is 16.5. The molecule has 5 nitrogen and oxygen atoms in total. The molecule has 0 aliphatic heterocycles. The van der Waals surface area contributed by atoms with Crippen molar-refractivity contribution in [1.82, 2.24) is 5.32 Å². The summed E-state index contributed by atoms with van der Waals surface area (Å²) < 4.78 is 5.12. The molecule has 20 heavy (non-hydrogen) atoms. The summed E-state index contributed by atoms with van der Waals surface area (Å²) in [6, 6.07) is 5.59. The zero-order valence-corrected chi connectivity index (χ0v) is 12.2. The Labute approximate surface area is 119 Å². The maximum Gasteiger partial charge on any atom is 0.253 e. The largest absolute Gasteiger partial charge is 0.385 e. The zero-order valence-electron chi connectivity index (χ0n) is 12.2. The first-order valence-corrected chi connectivity index (χ1v) is 6.95. The Morgan fingerprint density at radius 3 is 2.80 bits per heavy atom. The Bertz CT molecular complexity index is 484. The van der Waals surface area contributed by atoms with Crippen molar-refractivity contribution in [2.45, 2.75) is 26.2 Å². The van der Waals surface area contributed by atoms with E-state index in [4.69, 9.17) is 10.6 Å². The average molecular weight is 277 g/mol. The van der Waals surface area contributed by atoms with Crippen LogP contribution in [-0.2, 0) is 4.74 Å². The van der Waals surface area contributed by atoms with Gasteiger partial charge in [-0.15, -0.1) is 0 Å². The molecule has 0 saturated heterocycles. The molecule has 1 aliphatic carbocycles. The van der Waals surface area contributed by atoms with Gasteiger partial charge >= 0.3 is 0 Å². The summed E-state index contributed by atoms with van der Waals surface area (Å²) in [4.78, 5) is 12.3. The van der Waals surface area contributed by atoms with E-state index in [0.29, 0.717) is 17.8 Å². The molecule has 0 radical (unpaired) electrons. The lowest BCUT2D eigenvalue weighted by Gasteiger charge is -2.16. The van der Waals surface area contributed by atoms with Crippen LogP contribution in [0.4, 0.5) is 5.69 Å². The van der Waals surface area contributed by atoms with Crippen molar-refractivity contribution in [3.8, 4) is 0 Å². The zero-order chi connectivity index (χ0) is 14.6. The van der Waals surface area contributed by atoms with Crippen LogP contribution in [0.15, 0.2) is 18.2 Å². The topological polar surface area (TPSA) is 76.4 Å². The second-order valence-corrected chi connectivity index (χ2v) is 5.62. The first-order chi connectivity index (χ1) is 9.60. The number of aryl methyl sites for hydroxylation is 1. The van der Waals surface area contributed by atoms with Gasteiger partial charge in [0, 0.05) is 20.3 Å². The van der Waals surface area contributed by atoms with Gasteiger partial charge < -0.3 is 15.5 Å². The molecule has 0 aromatic heterocycles. The number of rotatable bonds is 7. The number of benzene rings is 1. The van der Waals surface area contributed by atoms with Crippen molar-refractivity contribution >= 4 is 11.6 Å². The molecule has 0 atom stereocenters. The number of methoxy groups -OCH3 is 1. The predicted octanol–water partition coefficient (Wildman–Crippen LogP) is 1.83. The van der Waals surface area contributed by atoms with E-state index in [0.717, 1.165) is 31.4 Å². The Balaban J connectivity index is 1.97. The van der Waals surface area contributed by atoms with Crippen molar-refractivity contribution in [3.63, 3.8) is 0 Å². The van der Waals surface area contributed by atoms with E-state index >= 15 is 0 Å². The molecule has 1 aliphatic rings. The fraction of sp³-hybridized carbons (Fsp3) is 0.533. The predicted molar refractivity (Wildman–Crippen MR) is 79.5 cm³/mol. The Morgan fingerprint density at radius 2 is 2.20 bits per heavy atom. The lowest BCUT2D eigenvalue weighted by atomic mass is 10.0. The first kappa shape index (κ1) is 14.8. The van der Waals surface area contributed by atoms with Gasteiger partial charge in [-0.1, -0.05) is 11.6 Å². The van der Waals surface area contributed by atoms with Gasteiger partial charge in [-0.3, -0.25) is 10.6 Å². The molecule has 0 heterocycles. The van der Waals surface area contributed by atoms with Gasteiger partial charge in [-0.25, -0.2) is 0 Å². The number of carbonyl (C=O) groups excluding carboxylic acids is 1. The fourth-order valence-electron chi connectivity index (χ4n) is 2.35. The Morgan fingerprint density at radius 1 is 1.45 bits per heavy atom. The van der Waals surface area contributed by atoms with E-state index in [1.807, 2.05) is 25.1 Å². The van der Waals surface area contributed by atoms with Gasteiger partial charge in [0.05, 0.1) is 11.3 Å². The van der Waals surface area contributed by atoms with Gasteiger partial charge in [-0.2, -0.15) is 0 Å². The molecule has 5 heteroatoms. The lowest BCUT2D eigenvalue weighted by molar-refractivity contribution is 0.0938. The highest BCUT2D eigenvalue weighted by molar-refractivity contribution is 5.99. The van der Waals surface area contributed by atoms with Gasteiger partial charge in [0.2, 0.25) is 0 Å². The monoisotopic (exact) mass is 277 g/mol. The molecule has 2 rings (SSSR count). The van der Waals surface area contributed by atoms with E-state index in [1.165, 1.54) is 0 Å². The summed E-state index contributed by atoms with van der Waals surface area (Å²) in [6.45, 7) is 3.40. The van der Waals surface area contributed by atoms with Gasteiger partial charge in [-0.05, 0) is 43.7 Å². The first-order valence-electron chi connectivity index (χ1n) is 6.95. The average Bonchev–Trinajstić information content (AvgIpc) is 3.23. The van der Waals surface area contributed by atoms with Crippen LogP contribution in [0, 0.1) is 12.3 Å². The number of hydrazine groups is 1. The van der Waals surface area contributed by atoms with Crippen LogP contribution in [0.5, 0.6) is 0 Å². The highest BCUT2D eigenvalue weighted by Crippen LogP contribution is 2.48. The van der Waals surface area contributed by atoms with Crippen LogP contribution in [0.1, 0.15) is 35.2 Å². The van der Waals surface area contributed by atoms with Crippen LogP contribution in [0.3, 0.4) is 0 Å². The normalized spacial score (nSPS) is 15.8. The van der Waals surface area contributed by atoms with E-state index in [2.05, 4.69) is 10.7 Å². The third-order valence-corrected chi connectivity index (χ3v) is 3.99. The van der Waals surface area contributed by atoms with E-state index in [-0.39, 0.29) is 11.3 Å². The molecule has 0 bridgehead atoms. The minimum atomic E-state index is -0.0784. The smallest absolute Gasteiger partial charge is 0.253 e. The second-order valence-electron chi connectivity index (χ2n) is 5.62. The summed E-state index contributed by atoms with van der Waals surface area (Å²) in [5, 5.41) is 3.02. The Kier molecular flexibility index (Phi) is 4.62. The van der Waals surface area contributed by atoms with Crippen LogP contribution in [0.25, 0.3) is 0 Å². The summed E-state index contributed by atoms with van der Waals surface area (Å²) in [5.41, 5.74) is 5.09. The molecule has 110 valence electrons. The quantitative estimate of drug-likeness (QED) is 0.525. The number of carbonyl (C=O) groups is 1. The van der Waals surface area contributed by atoms with Crippen LogP contribution in [0.2, 0.25) is 0 Å². The molecule has 1 saturated carbocycles. The number of nitrogen functional groups attached to an aromatic ring is 1. The number of amides is 1. The summed E-state index contributed by atoms with van der Waals surface area (Å²) >= 11 is 0. The van der Waals surface area contributed by atoms with Crippen molar-refractivity contribution in [1.29, 1.82) is 0 Å². The number of anilines is 1. The molecule has 1 fully saturated rings. The van der Waals surface area contributed by atoms with Gasteiger partial charge in [0.25, 0.3) is 5.91 Å². The van der Waals surface area contributed by atoms with Crippen molar-refractivity contribution < 1.29 is 9.53 Å². The van der Waals surface area contributed by atoms with Crippen LogP contribution >= 0.6 is 0 Å². The Hall–Kier alpha value is -1.59. The molecule has 0 spiro atoms. The number of hydrogen-bond donors (Lipinski definition) is 3. The molecule has 4 N–H and O–H groups in total. The van der Waals surface area contributed by atoms with Crippen molar-refractivity contribution in [3.05, 3.63) is 29.3 Å². The third kappa shape index (κ3) is 3.49. The minimum absolute atomic E-state index is 0.0784. The molecule has 0 unspecified atom stereocenters. The van der Waals surface area contributed by atoms with Crippen molar-refractivity contribution in [2.24, 2.45) is 11.3 Å². The van der Waals surface area contributed by atoms with Crippen LogP contribution < -0.4 is 16.6 Å². The minimum Gasteiger partial charge on any atom is -0.385 e. The maximum atomic E-state index is 12.3. The fourth-order valence-corrected chi connectivity index (χ4v) is 2.35. The summed E-state index contributed by atoms with van der Waals surface area (Å²) in [6.07, 6.45) is 3.32. The molecular formula is C15H23N3O2. The van der Waals surface area contributed by atoms with E-state index < -0.39 is 0 Å². The lowest BCUT2D eigenvalue weighted by Crippen LogP contribution is -2.31. The van der Waals surface area contributed by atoms with Crippen molar-refractivity contribution in [2.75, 3.05) is 25.7 Å². The number of ether oxygens (including phenoxy) is 1. The van der Waals surface area contributed by atoms with Gasteiger partial charge in [0.1, 0.15) is 0 Å². The molecule has 1 aromatic rings. The second kappa shape index (κ2) is 6.24. The van der Waals surface area contributed by atoms with Gasteiger partial charge in [0.15, 0.2) is 0 Å². The molecule has 1 amide bonds. The van der Waals surface area contributed by atoms with E-state index in [9.17, 15) is 4.79 Å². The standard InChI is InChI=1S/C15H23N3O2/c1-11-3-4-13(18-16)12(9-11)14(19)17-10-15(5-6-15)7-8-20-2/h3-4,9,18H,5-8,10,16H2,1-2H3,(H,17,19). The molecule has 1 aromatic carbocycles. The number of nitrogens with two attached hydrogens (primary N) is 1. The molecular weight excluding hydrogens is 254 g/mol. The SMILES string of the molecule is COCCC1(CNC(=O)c2cc(C)ccc2NN)CC1.